The van der Waals surface area contributed by atoms with Crippen LogP contribution in [0.2, 0.25) is 0 Å². The number of thioether (sulfide) groups is 1. The van der Waals surface area contributed by atoms with Crippen molar-refractivity contribution >= 4 is 35.7 Å². The van der Waals surface area contributed by atoms with Gasteiger partial charge in [0.2, 0.25) is 0 Å². The summed E-state index contributed by atoms with van der Waals surface area (Å²) in [6, 6.07) is 7.25. The maximum Gasteiger partial charge on any atom is 0.331 e. The van der Waals surface area contributed by atoms with Gasteiger partial charge in [-0.1, -0.05) is 25.0 Å². The fourth-order valence-corrected chi connectivity index (χ4v) is 2.93. The quantitative estimate of drug-likeness (QED) is 0.462. The molecule has 1 aromatic rings. The third-order valence-electron chi connectivity index (χ3n) is 3.82. The third kappa shape index (κ3) is 7.01. The van der Waals surface area contributed by atoms with E-state index in [1.165, 1.54) is 6.08 Å². The molecule has 1 fully saturated rings. The summed E-state index contributed by atoms with van der Waals surface area (Å²) in [5, 5.41) is 4.88. The molecule has 0 heterocycles. The predicted octanol–water partition coefficient (Wildman–Crippen LogP) is 2.73. The van der Waals surface area contributed by atoms with Crippen molar-refractivity contribution in [1.82, 2.24) is 10.6 Å². The normalized spacial score (nSPS) is 14.4. The maximum absolute atomic E-state index is 11.6. The standard InChI is InChI=1S/C18H22N2O4S/c1-25-15-9-6-13(7-10-15)8-11-17(22)24-12-16(21)20-18(23)19-14-4-2-3-5-14/h6-11,14H,2-5,12H2,1H3,(H2,19,20,21,23)/b11-8+. The maximum atomic E-state index is 11.6. The van der Waals surface area contributed by atoms with Crippen molar-refractivity contribution in [2.75, 3.05) is 12.9 Å². The lowest BCUT2D eigenvalue weighted by molar-refractivity contribution is -0.143. The number of amides is 3. The van der Waals surface area contributed by atoms with E-state index in [0.717, 1.165) is 36.1 Å². The first-order valence-electron chi connectivity index (χ1n) is 8.16. The largest absolute Gasteiger partial charge is 0.452 e. The Labute approximate surface area is 151 Å². The van der Waals surface area contributed by atoms with Crippen molar-refractivity contribution in [3.63, 3.8) is 0 Å². The smallest absolute Gasteiger partial charge is 0.331 e. The highest BCUT2D eigenvalue weighted by atomic mass is 32.2. The number of urea groups is 1. The molecule has 0 unspecified atom stereocenters. The molecule has 0 aliphatic heterocycles. The van der Waals surface area contributed by atoms with Gasteiger partial charge in [0.05, 0.1) is 0 Å². The highest BCUT2D eigenvalue weighted by Crippen LogP contribution is 2.17. The van der Waals surface area contributed by atoms with Gasteiger partial charge in [-0.3, -0.25) is 10.1 Å². The predicted molar refractivity (Wildman–Crippen MR) is 97.1 cm³/mol. The summed E-state index contributed by atoms with van der Waals surface area (Å²) >= 11 is 1.63. The van der Waals surface area contributed by atoms with Crippen LogP contribution < -0.4 is 10.6 Å². The van der Waals surface area contributed by atoms with Crippen LogP contribution in [0.4, 0.5) is 4.79 Å². The summed E-state index contributed by atoms with van der Waals surface area (Å²) in [6.07, 6.45) is 8.88. The van der Waals surface area contributed by atoms with Gasteiger partial charge in [0.15, 0.2) is 6.61 Å². The number of nitrogens with one attached hydrogen (secondary N) is 2. The molecule has 1 aromatic carbocycles. The zero-order valence-corrected chi connectivity index (χ0v) is 14.9. The van der Waals surface area contributed by atoms with E-state index in [0.29, 0.717) is 0 Å². The Kier molecular flexibility index (Phi) is 7.53. The average Bonchev–Trinajstić information content (AvgIpc) is 3.11. The number of rotatable bonds is 6. The first-order chi connectivity index (χ1) is 12.1. The van der Waals surface area contributed by atoms with Crippen LogP contribution >= 0.6 is 11.8 Å². The molecule has 1 aliphatic rings. The second-order valence-corrected chi connectivity index (χ2v) is 6.60. The number of hydrogen-bond acceptors (Lipinski definition) is 5. The van der Waals surface area contributed by atoms with Gasteiger partial charge in [0.25, 0.3) is 5.91 Å². The minimum absolute atomic E-state index is 0.121. The van der Waals surface area contributed by atoms with Gasteiger partial charge in [0, 0.05) is 17.0 Å². The SMILES string of the molecule is CSc1ccc(/C=C/C(=O)OCC(=O)NC(=O)NC2CCCC2)cc1. The lowest BCUT2D eigenvalue weighted by Crippen LogP contribution is -2.44. The Bertz CT molecular complexity index is 637. The summed E-state index contributed by atoms with van der Waals surface area (Å²) in [5.41, 5.74) is 0.857. The molecule has 0 spiro atoms. The first kappa shape index (κ1) is 19.1. The summed E-state index contributed by atoms with van der Waals surface area (Å²) in [6.45, 7) is -0.493. The van der Waals surface area contributed by atoms with Crippen LogP contribution in [-0.4, -0.2) is 36.8 Å². The van der Waals surface area contributed by atoms with E-state index >= 15 is 0 Å². The Morgan fingerprint density at radius 1 is 1.20 bits per heavy atom. The van der Waals surface area contributed by atoms with Crippen molar-refractivity contribution in [2.45, 2.75) is 36.6 Å². The van der Waals surface area contributed by atoms with Crippen LogP contribution in [0.3, 0.4) is 0 Å². The van der Waals surface area contributed by atoms with Crippen molar-refractivity contribution in [3.8, 4) is 0 Å². The zero-order valence-electron chi connectivity index (χ0n) is 14.1. The fourth-order valence-electron chi connectivity index (χ4n) is 2.52. The number of benzene rings is 1. The van der Waals surface area contributed by atoms with E-state index in [1.807, 2.05) is 30.5 Å². The Balaban J connectivity index is 1.68. The van der Waals surface area contributed by atoms with Crippen LogP contribution in [0.1, 0.15) is 31.2 Å². The van der Waals surface area contributed by atoms with Gasteiger partial charge >= 0.3 is 12.0 Å². The van der Waals surface area contributed by atoms with E-state index in [9.17, 15) is 14.4 Å². The number of carbonyl (C=O) groups is 3. The molecule has 0 atom stereocenters. The molecule has 1 aliphatic carbocycles. The molecule has 3 amide bonds. The molecule has 0 radical (unpaired) electrons. The summed E-state index contributed by atoms with van der Waals surface area (Å²) in [4.78, 5) is 36.0. The van der Waals surface area contributed by atoms with Crippen molar-refractivity contribution in [2.24, 2.45) is 0 Å². The van der Waals surface area contributed by atoms with Gasteiger partial charge in [-0.05, 0) is 42.9 Å². The van der Waals surface area contributed by atoms with Crippen molar-refractivity contribution in [1.29, 1.82) is 0 Å². The molecule has 25 heavy (non-hydrogen) atoms. The third-order valence-corrected chi connectivity index (χ3v) is 4.56. The average molecular weight is 362 g/mol. The van der Waals surface area contributed by atoms with E-state index in [2.05, 4.69) is 10.6 Å². The monoisotopic (exact) mass is 362 g/mol. The summed E-state index contributed by atoms with van der Waals surface area (Å²) in [7, 11) is 0. The molecule has 6 nitrogen and oxygen atoms in total. The zero-order chi connectivity index (χ0) is 18.1. The summed E-state index contributed by atoms with van der Waals surface area (Å²) < 4.78 is 4.82. The molecule has 2 rings (SSSR count). The van der Waals surface area contributed by atoms with Gasteiger partial charge < -0.3 is 10.1 Å². The highest BCUT2D eigenvalue weighted by Gasteiger charge is 2.18. The number of esters is 1. The van der Waals surface area contributed by atoms with Gasteiger partial charge in [-0.2, -0.15) is 0 Å². The van der Waals surface area contributed by atoms with Crippen LogP contribution in [0.15, 0.2) is 35.2 Å². The Morgan fingerprint density at radius 2 is 1.88 bits per heavy atom. The minimum atomic E-state index is -0.651. The van der Waals surface area contributed by atoms with Crippen LogP contribution in [0, 0.1) is 0 Å². The number of imide groups is 1. The molecule has 134 valence electrons. The summed E-state index contributed by atoms with van der Waals surface area (Å²) in [5.74, 6) is -1.29. The van der Waals surface area contributed by atoms with Crippen LogP contribution in [-0.2, 0) is 14.3 Å². The number of ether oxygens (including phenoxy) is 1. The van der Waals surface area contributed by atoms with Gasteiger partial charge in [0.1, 0.15) is 0 Å². The van der Waals surface area contributed by atoms with Crippen LogP contribution in [0.25, 0.3) is 6.08 Å². The lowest BCUT2D eigenvalue weighted by Gasteiger charge is -2.12. The van der Waals surface area contributed by atoms with E-state index < -0.39 is 24.5 Å². The van der Waals surface area contributed by atoms with Crippen molar-refractivity contribution < 1.29 is 19.1 Å². The Hall–Kier alpha value is -2.28. The molecule has 2 N–H and O–H groups in total. The minimum Gasteiger partial charge on any atom is -0.452 e. The van der Waals surface area contributed by atoms with E-state index in [-0.39, 0.29) is 6.04 Å². The van der Waals surface area contributed by atoms with Crippen molar-refractivity contribution in [3.05, 3.63) is 35.9 Å². The highest BCUT2D eigenvalue weighted by molar-refractivity contribution is 7.98. The topological polar surface area (TPSA) is 84.5 Å². The van der Waals surface area contributed by atoms with E-state index in [4.69, 9.17) is 4.74 Å². The van der Waals surface area contributed by atoms with E-state index in [1.54, 1.807) is 17.8 Å². The molecule has 0 saturated heterocycles. The Morgan fingerprint density at radius 3 is 2.52 bits per heavy atom. The van der Waals surface area contributed by atoms with Gasteiger partial charge in [-0.25, -0.2) is 9.59 Å². The molecule has 0 aromatic heterocycles. The second-order valence-electron chi connectivity index (χ2n) is 5.72. The van der Waals surface area contributed by atoms with Crippen LogP contribution in [0.5, 0.6) is 0 Å². The molecular weight excluding hydrogens is 340 g/mol. The number of hydrogen-bond donors (Lipinski definition) is 2. The fraction of sp³-hybridized carbons (Fsp3) is 0.389. The first-order valence-corrected chi connectivity index (χ1v) is 9.38. The molecular formula is C18H22N2O4S. The second kappa shape index (κ2) is 9.88. The number of carbonyl (C=O) groups excluding carboxylic acids is 3. The van der Waals surface area contributed by atoms with Gasteiger partial charge in [-0.15, -0.1) is 11.8 Å². The molecule has 7 heteroatoms. The molecule has 1 saturated carbocycles. The molecule has 0 bridgehead atoms. The lowest BCUT2D eigenvalue weighted by atomic mass is 10.2.